The summed E-state index contributed by atoms with van der Waals surface area (Å²) in [5.41, 5.74) is 0. The van der Waals surface area contributed by atoms with Crippen LogP contribution >= 0.6 is 0 Å². The molecule has 0 saturated carbocycles. The molecule has 0 atom stereocenters. The molecule has 0 bridgehead atoms. The number of likely N-dealkylation sites (tertiary alicyclic amines) is 1. The SMILES string of the molecule is O=C(O)CC1CN(C(=O)NCCN2CCOCC2)C1. The third-order valence-electron chi connectivity index (χ3n) is 3.52. The fourth-order valence-corrected chi connectivity index (χ4v) is 2.37. The minimum atomic E-state index is -0.794. The van der Waals surface area contributed by atoms with Gasteiger partial charge in [0.05, 0.1) is 19.6 Å². The highest BCUT2D eigenvalue weighted by Crippen LogP contribution is 2.18. The van der Waals surface area contributed by atoms with Crippen molar-refractivity contribution in [3.8, 4) is 0 Å². The summed E-state index contributed by atoms with van der Waals surface area (Å²) in [6.45, 7) is 5.92. The molecule has 0 aromatic carbocycles. The molecule has 0 aliphatic carbocycles. The zero-order valence-electron chi connectivity index (χ0n) is 11.0. The average molecular weight is 271 g/mol. The van der Waals surface area contributed by atoms with Gasteiger partial charge in [0.2, 0.25) is 0 Å². The zero-order valence-corrected chi connectivity index (χ0v) is 11.0. The Morgan fingerprint density at radius 3 is 2.58 bits per heavy atom. The van der Waals surface area contributed by atoms with E-state index in [1.54, 1.807) is 4.90 Å². The third-order valence-corrected chi connectivity index (χ3v) is 3.52. The predicted molar refractivity (Wildman–Crippen MR) is 68.0 cm³/mol. The van der Waals surface area contributed by atoms with Gasteiger partial charge >= 0.3 is 12.0 Å². The Morgan fingerprint density at radius 2 is 1.95 bits per heavy atom. The number of nitrogens with zero attached hydrogens (tertiary/aromatic N) is 2. The number of morpholine rings is 1. The standard InChI is InChI=1S/C12H21N3O4/c16-11(17)7-10-8-15(9-10)12(18)13-1-2-14-3-5-19-6-4-14/h10H,1-9H2,(H,13,18)(H,16,17). The first-order valence-electron chi connectivity index (χ1n) is 6.70. The Hall–Kier alpha value is -1.34. The van der Waals surface area contributed by atoms with Gasteiger partial charge in [-0.1, -0.05) is 0 Å². The number of carbonyl (C=O) groups is 2. The Kier molecular flexibility index (Phi) is 4.98. The van der Waals surface area contributed by atoms with Crippen LogP contribution in [0.4, 0.5) is 4.79 Å². The van der Waals surface area contributed by atoms with Gasteiger partial charge in [0.15, 0.2) is 0 Å². The van der Waals surface area contributed by atoms with Crippen LogP contribution in [0.3, 0.4) is 0 Å². The van der Waals surface area contributed by atoms with E-state index in [9.17, 15) is 9.59 Å². The van der Waals surface area contributed by atoms with Crippen molar-refractivity contribution in [1.82, 2.24) is 15.1 Å². The van der Waals surface area contributed by atoms with Crippen molar-refractivity contribution in [2.45, 2.75) is 6.42 Å². The van der Waals surface area contributed by atoms with E-state index in [1.807, 2.05) is 0 Å². The van der Waals surface area contributed by atoms with Crippen molar-refractivity contribution in [3.05, 3.63) is 0 Å². The molecule has 7 heteroatoms. The molecule has 0 aromatic heterocycles. The number of amides is 2. The van der Waals surface area contributed by atoms with E-state index in [0.717, 1.165) is 32.8 Å². The molecule has 7 nitrogen and oxygen atoms in total. The van der Waals surface area contributed by atoms with E-state index in [-0.39, 0.29) is 18.4 Å². The van der Waals surface area contributed by atoms with E-state index in [2.05, 4.69) is 10.2 Å². The molecule has 2 aliphatic heterocycles. The van der Waals surface area contributed by atoms with Gasteiger partial charge in [0.25, 0.3) is 0 Å². The van der Waals surface area contributed by atoms with Crippen LogP contribution in [0.25, 0.3) is 0 Å². The summed E-state index contributed by atoms with van der Waals surface area (Å²) in [4.78, 5) is 26.1. The number of nitrogens with one attached hydrogen (secondary N) is 1. The van der Waals surface area contributed by atoms with Crippen LogP contribution in [0, 0.1) is 5.92 Å². The Balaban J connectivity index is 1.54. The number of hydrogen-bond donors (Lipinski definition) is 2. The van der Waals surface area contributed by atoms with Crippen LogP contribution in [0.15, 0.2) is 0 Å². The summed E-state index contributed by atoms with van der Waals surface area (Å²) < 4.78 is 5.25. The van der Waals surface area contributed by atoms with Gasteiger partial charge in [-0.15, -0.1) is 0 Å². The summed E-state index contributed by atoms with van der Waals surface area (Å²) in [7, 11) is 0. The maximum absolute atomic E-state index is 11.7. The monoisotopic (exact) mass is 271 g/mol. The third kappa shape index (κ3) is 4.36. The molecule has 2 aliphatic rings. The molecule has 2 fully saturated rings. The van der Waals surface area contributed by atoms with E-state index in [1.165, 1.54) is 0 Å². The number of urea groups is 1. The smallest absolute Gasteiger partial charge is 0.317 e. The molecule has 2 heterocycles. The second-order valence-electron chi connectivity index (χ2n) is 5.05. The van der Waals surface area contributed by atoms with Crippen LogP contribution in [-0.2, 0) is 9.53 Å². The van der Waals surface area contributed by atoms with Crippen molar-refractivity contribution >= 4 is 12.0 Å². The second-order valence-corrected chi connectivity index (χ2v) is 5.05. The number of aliphatic carboxylic acids is 1. The maximum atomic E-state index is 11.7. The lowest BCUT2D eigenvalue weighted by Gasteiger charge is -2.38. The van der Waals surface area contributed by atoms with Gasteiger partial charge in [0.1, 0.15) is 0 Å². The van der Waals surface area contributed by atoms with Gasteiger partial charge in [0, 0.05) is 45.2 Å². The van der Waals surface area contributed by atoms with E-state index in [4.69, 9.17) is 9.84 Å². The minimum absolute atomic E-state index is 0.0881. The minimum Gasteiger partial charge on any atom is -0.481 e. The summed E-state index contributed by atoms with van der Waals surface area (Å²) in [6.07, 6.45) is 0.150. The molecule has 2 amide bonds. The van der Waals surface area contributed by atoms with E-state index < -0.39 is 5.97 Å². The summed E-state index contributed by atoms with van der Waals surface area (Å²) >= 11 is 0. The number of carbonyl (C=O) groups excluding carboxylic acids is 1. The van der Waals surface area contributed by atoms with Crippen LogP contribution < -0.4 is 5.32 Å². The molecule has 2 rings (SSSR count). The number of carboxylic acid groups (broad SMARTS) is 1. The molecule has 2 saturated heterocycles. The normalized spacial score (nSPS) is 20.9. The van der Waals surface area contributed by atoms with Crippen molar-refractivity contribution in [2.75, 3.05) is 52.5 Å². The summed E-state index contributed by atoms with van der Waals surface area (Å²) in [5.74, 6) is -0.681. The lowest BCUT2D eigenvalue weighted by Crippen LogP contribution is -2.55. The van der Waals surface area contributed by atoms with Crippen LogP contribution in [0.5, 0.6) is 0 Å². The first kappa shape index (κ1) is 14.1. The second kappa shape index (κ2) is 6.72. The fraction of sp³-hybridized carbons (Fsp3) is 0.833. The van der Waals surface area contributed by atoms with Gasteiger partial charge in [-0.2, -0.15) is 0 Å². The predicted octanol–water partition coefficient (Wildman–Crippen LogP) is -0.565. The summed E-state index contributed by atoms with van der Waals surface area (Å²) in [6, 6.07) is -0.0881. The molecule has 0 radical (unpaired) electrons. The van der Waals surface area contributed by atoms with Crippen molar-refractivity contribution in [2.24, 2.45) is 5.92 Å². The number of ether oxygens (including phenoxy) is 1. The highest BCUT2D eigenvalue weighted by atomic mass is 16.5. The molecule has 0 aromatic rings. The molecular weight excluding hydrogens is 250 g/mol. The van der Waals surface area contributed by atoms with Crippen molar-refractivity contribution in [1.29, 1.82) is 0 Å². The van der Waals surface area contributed by atoms with E-state index in [0.29, 0.717) is 19.6 Å². The molecular formula is C12H21N3O4. The first-order valence-corrected chi connectivity index (χ1v) is 6.70. The van der Waals surface area contributed by atoms with E-state index >= 15 is 0 Å². The molecule has 0 spiro atoms. The van der Waals surface area contributed by atoms with Crippen molar-refractivity contribution < 1.29 is 19.4 Å². The highest BCUT2D eigenvalue weighted by molar-refractivity contribution is 5.75. The lowest BCUT2D eigenvalue weighted by molar-refractivity contribution is -0.139. The number of carboxylic acids is 1. The zero-order chi connectivity index (χ0) is 13.7. The highest BCUT2D eigenvalue weighted by Gasteiger charge is 2.31. The van der Waals surface area contributed by atoms with Gasteiger partial charge < -0.3 is 20.1 Å². The van der Waals surface area contributed by atoms with Gasteiger partial charge in [-0.3, -0.25) is 9.69 Å². The molecule has 19 heavy (non-hydrogen) atoms. The Labute approximate surface area is 112 Å². The largest absolute Gasteiger partial charge is 0.481 e. The van der Waals surface area contributed by atoms with Crippen LogP contribution in [-0.4, -0.2) is 79.4 Å². The van der Waals surface area contributed by atoms with Crippen LogP contribution in [0.2, 0.25) is 0 Å². The van der Waals surface area contributed by atoms with Crippen molar-refractivity contribution in [3.63, 3.8) is 0 Å². The van der Waals surface area contributed by atoms with Crippen LogP contribution in [0.1, 0.15) is 6.42 Å². The summed E-state index contributed by atoms with van der Waals surface area (Å²) in [5, 5.41) is 11.5. The van der Waals surface area contributed by atoms with Gasteiger partial charge in [-0.25, -0.2) is 4.79 Å². The average Bonchev–Trinajstić information content (AvgIpc) is 2.34. The number of rotatable bonds is 5. The maximum Gasteiger partial charge on any atom is 0.317 e. The first-order chi connectivity index (χ1) is 9.15. The Bertz CT molecular complexity index is 325. The van der Waals surface area contributed by atoms with Gasteiger partial charge in [-0.05, 0) is 0 Å². The Morgan fingerprint density at radius 1 is 1.26 bits per heavy atom. The number of hydrogen-bond acceptors (Lipinski definition) is 4. The molecule has 2 N–H and O–H groups in total. The lowest BCUT2D eigenvalue weighted by atomic mass is 9.97. The fourth-order valence-electron chi connectivity index (χ4n) is 2.37. The molecule has 0 unspecified atom stereocenters. The quantitative estimate of drug-likeness (QED) is 0.700. The topological polar surface area (TPSA) is 82.1 Å². The molecule has 108 valence electrons.